The lowest BCUT2D eigenvalue weighted by Gasteiger charge is -2.29. The van der Waals surface area contributed by atoms with E-state index >= 15 is 0 Å². The lowest BCUT2D eigenvalue weighted by Crippen LogP contribution is -2.36. The van der Waals surface area contributed by atoms with Crippen LogP contribution in [0.15, 0.2) is 66.2 Å². The van der Waals surface area contributed by atoms with Gasteiger partial charge >= 0.3 is 0 Å². The minimum atomic E-state index is -0.444. The molecule has 1 atom stereocenters. The van der Waals surface area contributed by atoms with E-state index in [2.05, 4.69) is 43.0 Å². The zero-order chi connectivity index (χ0) is 22.4. The van der Waals surface area contributed by atoms with Crippen LogP contribution in [-0.2, 0) is 16.0 Å². The van der Waals surface area contributed by atoms with Crippen molar-refractivity contribution in [3.63, 3.8) is 0 Å². The Kier molecular flexibility index (Phi) is 7.72. The summed E-state index contributed by atoms with van der Waals surface area (Å²) in [5, 5.41) is 0.530. The van der Waals surface area contributed by atoms with Gasteiger partial charge in [-0.05, 0) is 42.4 Å². The molecule has 1 amide bonds. The average molecular weight is 438 g/mol. The van der Waals surface area contributed by atoms with Crippen molar-refractivity contribution in [1.82, 2.24) is 4.90 Å². The molecule has 1 saturated carbocycles. The Bertz CT molecular complexity index is 912. The molecule has 1 fully saturated rings. The molecule has 0 bridgehead atoms. The van der Waals surface area contributed by atoms with E-state index in [9.17, 15) is 9.59 Å². The summed E-state index contributed by atoms with van der Waals surface area (Å²) in [6, 6.07) is 18.5. The quantitative estimate of drug-likeness (QED) is 0.464. The molecule has 2 aromatic carbocycles. The lowest BCUT2D eigenvalue weighted by atomic mass is 9.74. The van der Waals surface area contributed by atoms with Crippen LogP contribution >= 0.6 is 11.6 Å². The lowest BCUT2D eigenvalue weighted by molar-refractivity contribution is -0.138. The van der Waals surface area contributed by atoms with E-state index in [4.69, 9.17) is 11.6 Å². The van der Waals surface area contributed by atoms with Gasteiger partial charge in [-0.25, -0.2) is 0 Å². The van der Waals surface area contributed by atoms with Crippen molar-refractivity contribution in [3.05, 3.63) is 71.8 Å². The van der Waals surface area contributed by atoms with Crippen LogP contribution in [0.25, 0.3) is 11.1 Å². The molecular weight excluding hydrogens is 406 g/mol. The summed E-state index contributed by atoms with van der Waals surface area (Å²) in [7, 11) is 3.51. The second-order valence-electron chi connectivity index (χ2n) is 9.01. The second kappa shape index (κ2) is 10.3. The third kappa shape index (κ3) is 5.86. The Labute approximate surface area is 191 Å². The SMILES string of the molecule is C=C(Cl)CC1(C(=O)C[C@@H](Cc2ccc(-c3ccccc3)cc2)C(=O)N(C)C)CCCC1. The predicted octanol–water partition coefficient (Wildman–Crippen LogP) is 6.26. The minimum Gasteiger partial charge on any atom is -0.349 e. The number of rotatable bonds is 9. The summed E-state index contributed by atoms with van der Waals surface area (Å²) in [4.78, 5) is 27.9. The Hall–Kier alpha value is -2.39. The number of halogens is 1. The standard InChI is InChI=1S/C27H32ClNO2/c1-20(28)19-27(15-7-8-16-27)25(30)18-24(26(31)29(2)3)17-21-11-13-23(14-12-21)22-9-5-4-6-10-22/h4-6,9-14,24H,1,7-8,15-19H2,2-3H3/t24-/m1/s1. The number of hydrogen-bond acceptors (Lipinski definition) is 2. The fraction of sp³-hybridized carbons (Fsp3) is 0.407. The van der Waals surface area contributed by atoms with Crippen LogP contribution in [0.2, 0.25) is 0 Å². The molecule has 3 rings (SSSR count). The van der Waals surface area contributed by atoms with E-state index in [1.165, 1.54) is 0 Å². The van der Waals surface area contributed by atoms with Gasteiger partial charge in [-0.3, -0.25) is 9.59 Å². The average Bonchev–Trinajstić information content (AvgIpc) is 3.23. The van der Waals surface area contributed by atoms with E-state index in [1.807, 2.05) is 18.2 Å². The number of benzene rings is 2. The van der Waals surface area contributed by atoms with Crippen LogP contribution in [0.1, 0.15) is 44.1 Å². The van der Waals surface area contributed by atoms with Gasteiger partial charge < -0.3 is 4.90 Å². The first kappa shape index (κ1) is 23.3. The molecule has 0 unspecified atom stereocenters. The first-order valence-corrected chi connectivity index (χ1v) is 11.4. The molecule has 0 N–H and O–H groups in total. The van der Waals surface area contributed by atoms with Crippen LogP contribution in [0, 0.1) is 11.3 Å². The highest BCUT2D eigenvalue weighted by molar-refractivity contribution is 6.29. The van der Waals surface area contributed by atoms with Gasteiger partial charge in [-0.1, -0.05) is 85.6 Å². The van der Waals surface area contributed by atoms with Crippen molar-refractivity contribution < 1.29 is 9.59 Å². The third-order valence-electron chi connectivity index (χ3n) is 6.45. The molecule has 1 aliphatic carbocycles. The number of hydrogen-bond donors (Lipinski definition) is 0. The molecule has 164 valence electrons. The summed E-state index contributed by atoms with van der Waals surface area (Å²) in [5.41, 5.74) is 2.92. The summed E-state index contributed by atoms with van der Waals surface area (Å²) >= 11 is 6.11. The number of carbonyl (C=O) groups excluding carboxylic acids is 2. The molecule has 0 heterocycles. The number of amides is 1. The molecule has 0 spiro atoms. The Morgan fingerprint density at radius 2 is 1.58 bits per heavy atom. The number of nitrogens with zero attached hydrogens (tertiary/aromatic N) is 1. The molecule has 0 radical (unpaired) electrons. The van der Waals surface area contributed by atoms with Gasteiger partial charge in [0.15, 0.2) is 0 Å². The van der Waals surface area contributed by atoms with Gasteiger partial charge in [0.25, 0.3) is 0 Å². The van der Waals surface area contributed by atoms with E-state index in [0.29, 0.717) is 17.9 Å². The van der Waals surface area contributed by atoms with Crippen LogP contribution in [0.5, 0.6) is 0 Å². The summed E-state index contributed by atoms with van der Waals surface area (Å²) in [6.45, 7) is 3.83. The van der Waals surface area contributed by atoms with Crippen LogP contribution in [-0.4, -0.2) is 30.7 Å². The number of Topliss-reactive ketones (excluding diaryl/α,β-unsaturated/α-hetero) is 1. The molecule has 1 aliphatic rings. The Morgan fingerprint density at radius 3 is 2.13 bits per heavy atom. The number of allylic oxidation sites excluding steroid dienone is 1. The Balaban J connectivity index is 1.77. The van der Waals surface area contributed by atoms with Gasteiger partial charge in [-0.15, -0.1) is 0 Å². The van der Waals surface area contributed by atoms with Gasteiger partial charge in [0, 0.05) is 36.9 Å². The largest absolute Gasteiger partial charge is 0.349 e. The van der Waals surface area contributed by atoms with E-state index in [0.717, 1.165) is 42.4 Å². The van der Waals surface area contributed by atoms with Crippen molar-refractivity contribution in [1.29, 1.82) is 0 Å². The number of ketones is 1. The van der Waals surface area contributed by atoms with E-state index in [-0.39, 0.29) is 24.0 Å². The molecule has 3 nitrogen and oxygen atoms in total. The van der Waals surface area contributed by atoms with Gasteiger partial charge in [-0.2, -0.15) is 0 Å². The fourth-order valence-corrected chi connectivity index (χ4v) is 5.03. The highest BCUT2D eigenvalue weighted by Crippen LogP contribution is 2.45. The molecule has 31 heavy (non-hydrogen) atoms. The Morgan fingerprint density at radius 1 is 1.00 bits per heavy atom. The molecule has 0 aliphatic heterocycles. The monoisotopic (exact) mass is 437 g/mol. The van der Waals surface area contributed by atoms with E-state index < -0.39 is 5.41 Å². The van der Waals surface area contributed by atoms with Crippen molar-refractivity contribution >= 4 is 23.3 Å². The highest BCUT2D eigenvalue weighted by atomic mass is 35.5. The fourth-order valence-electron chi connectivity index (χ4n) is 4.77. The normalized spacial score (nSPS) is 16.0. The minimum absolute atomic E-state index is 0.00154. The third-order valence-corrected chi connectivity index (χ3v) is 6.58. The highest BCUT2D eigenvalue weighted by Gasteiger charge is 2.42. The van der Waals surface area contributed by atoms with Crippen LogP contribution < -0.4 is 0 Å². The maximum absolute atomic E-state index is 13.4. The first-order chi connectivity index (χ1) is 14.8. The van der Waals surface area contributed by atoms with Crippen molar-refractivity contribution in [2.24, 2.45) is 11.3 Å². The molecule has 0 aromatic heterocycles. The maximum atomic E-state index is 13.4. The molecular formula is C27H32ClNO2. The van der Waals surface area contributed by atoms with Gasteiger partial charge in [0.1, 0.15) is 5.78 Å². The zero-order valence-electron chi connectivity index (χ0n) is 18.6. The maximum Gasteiger partial charge on any atom is 0.225 e. The summed E-state index contributed by atoms with van der Waals surface area (Å²) in [6.07, 6.45) is 5.06. The predicted molar refractivity (Wildman–Crippen MR) is 128 cm³/mol. The summed E-state index contributed by atoms with van der Waals surface area (Å²) < 4.78 is 0. The zero-order valence-corrected chi connectivity index (χ0v) is 19.3. The van der Waals surface area contributed by atoms with E-state index in [1.54, 1.807) is 19.0 Å². The van der Waals surface area contributed by atoms with Crippen molar-refractivity contribution in [2.45, 2.75) is 44.9 Å². The molecule has 0 saturated heterocycles. The molecule has 4 heteroatoms. The summed E-state index contributed by atoms with van der Waals surface area (Å²) in [5.74, 6) is -0.211. The van der Waals surface area contributed by atoms with Gasteiger partial charge in [0.2, 0.25) is 5.91 Å². The smallest absolute Gasteiger partial charge is 0.225 e. The first-order valence-electron chi connectivity index (χ1n) is 11.0. The van der Waals surface area contributed by atoms with Crippen LogP contribution in [0.4, 0.5) is 0 Å². The van der Waals surface area contributed by atoms with Gasteiger partial charge in [0.05, 0.1) is 0 Å². The number of carbonyl (C=O) groups is 2. The molecule has 2 aromatic rings. The second-order valence-corrected chi connectivity index (χ2v) is 9.54. The van der Waals surface area contributed by atoms with Crippen molar-refractivity contribution in [2.75, 3.05) is 14.1 Å². The topological polar surface area (TPSA) is 37.4 Å². The van der Waals surface area contributed by atoms with Crippen molar-refractivity contribution in [3.8, 4) is 11.1 Å². The van der Waals surface area contributed by atoms with Crippen LogP contribution in [0.3, 0.4) is 0 Å².